The fourth-order valence-corrected chi connectivity index (χ4v) is 4.81. The Labute approximate surface area is 166 Å². The number of hydrogen-bond acceptors (Lipinski definition) is 7. The molecule has 2 aromatic rings. The molecule has 2 N–H and O–H groups in total. The number of aromatic nitrogens is 2. The number of thioether (sulfide) groups is 1. The molecule has 0 spiro atoms. The lowest BCUT2D eigenvalue weighted by Gasteiger charge is -2.25. The number of nitrogens with one attached hydrogen (secondary N) is 1. The van der Waals surface area contributed by atoms with Crippen LogP contribution in [0.4, 0.5) is 0 Å². The number of carboxylic acid groups (broad SMARTS) is 1. The van der Waals surface area contributed by atoms with Crippen molar-refractivity contribution < 1.29 is 14.7 Å². The highest BCUT2D eigenvalue weighted by Gasteiger charge is 2.30. The number of carboxylic acids is 1. The van der Waals surface area contributed by atoms with E-state index >= 15 is 0 Å². The predicted molar refractivity (Wildman–Crippen MR) is 105 cm³/mol. The van der Waals surface area contributed by atoms with Crippen molar-refractivity contribution in [3.8, 4) is 0 Å². The summed E-state index contributed by atoms with van der Waals surface area (Å²) in [5.41, 5.74) is 1.14. The summed E-state index contributed by atoms with van der Waals surface area (Å²) >= 11 is 2.82. The maximum absolute atomic E-state index is 12.2. The van der Waals surface area contributed by atoms with Crippen LogP contribution in [-0.4, -0.2) is 63.3 Å². The highest BCUT2D eigenvalue weighted by atomic mass is 32.2. The first kappa shape index (κ1) is 19.8. The lowest BCUT2D eigenvalue weighted by molar-refractivity contribution is -0.128. The van der Waals surface area contributed by atoms with Crippen LogP contribution in [-0.2, 0) is 11.2 Å². The quantitative estimate of drug-likeness (QED) is 0.461. The Morgan fingerprint density at radius 1 is 1.44 bits per heavy atom. The smallest absolute Gasteiger partial charge is 0.355 e. The predicted octanol–water partition coefficient (Wildman–Crippen LogP) is 2.15. The van der Waals surface area contributed by atoms with E-state index in [1.165, 1.54) is 23.1 Å². The molecule has 2 aromatic heterocycles. The molecule has 9 heteroatoms. The van der Waals surface area contributed by atoms with Crippen molar-refractivity contribution in [3.05, 3.63) is 41.2 Å². The Bertz CT molecular complexity index is 769. The third kappa shape index (κ3) is 5.75. The number of pyridine rings is 1. The van der Waals surface area contributed by atoms with Gasteiger partial charge in [0.1, 0.15) is 0 Å². The molecular weight excluding hydrogens is 384 g/mol. The van der Waals surface area contributed by atoms with Crippen molar-refractivity contribution in [2.75, 3.05) is 25.4 Å². The van der Waals surface area contributed by atoms with Gasteiger partial charge in [-0.1, -0.05) is 17.8 Å². The average Bonchev–Trinajstić information content (AvgIpc) is 3.28. The average molecular weight is 407 g/mol. The number of nitrogens with zero attached hydrogens (tertiary/aromatic N) is 3. The van der Waals surface area contributed by atoms with E-state index in [1.54, 1.807) is 11.6 Å². The molecular formula is C18H22N4O3S2. The number of aromatic carboxylic acids is 1. The molecule has 1 aliphatic rings. The molecule has 0 aliphatic carbocycles. The number of carbonyl (C=O) groups excluding carboxylic acids is 1. The zero-order valence-electron chi connectivity index (χ0n) is 14.8. The summed E-state index contributed by atoms with van der Waals surface area (Å²) in [4.78, 5) is 33.3. The van der Waals surface area contributed by atoms with Gasteiger partial charge in [0, 0.05) is 61.5 Å². The van der Waals surface area contributed by atoms with Gasteiger partial charge in [-0.15, -0.1) is 11.3 Å². The zero-order chi connectivity index (χ0) is 19.1. The third-order valence-electron chi connectivity index (χ3n) is 4.38. The zero-order valence-corrected chi connectivity index (χ0v) is 16.5. The van der Waals surface area contributed by atoms with Crippen LogP contribution >= 0.6 is 23.1 Å². The first-order valence-electron chi connectivity index (χ1n) is 8.85. The molecule has 1 fully saturated rings. The Kier molecular flexibility index (Phi) is 7.19. The number of carbonyl (C=O) groups is 2. The minimum atomic E-state index is -1.01. The molecule has 1 aliphatic heterocycles. The van der Waals surface area contributed by atoms with Crippen LogP contribution in [0.1, 0.15) is 29.0 Å². The van der Waals surface area contributed by atoms with Crippen molar-refractivity contribution in [3.63, 3.8) is 0 Å². The van der Waals surface area contributed by atoms with E-state index in [9.17, 15) is 9.59 Å². The number of rotatable bonds is 10. The van der Waals surface area contributed by atoms with Gasteiger partial charge in [-0.05, 0) is 18.6 Å². The SMILES string of the molecule is O=C(O)c1csc(SCCN2C(=O)CC[C@@H]2CNCCc2ccccn2)n1. The highest BCUT2D eigenvalue weighted by molar-refractivity contribution is 8.01. The molecule has 0 bridgehead atoms. The van der Waals surface area contributed by atoms with Gasteiger partial charge in [0.2, 0.25) is 5.91 Å². The molecule has 1 amide bonds. The van der Waals surface area contributed by atoms with Gasteiger partial charge in [-0.25, -0.2) is 9.78 Å². The number of amides is 1. The highest BCUT2D eigenvalue weighted by Crippen LogP contribution is 2.24. The molecule has 3 rings (SSSR count). The largest absolute Gasteiger partial charge is 0.476 e. The lowest BCUT2D eigenvalue weighted by atomic mass is 10.2. The van der Waals surface area contributed by atoms with Crippen LogP contribution in [0, 0.1) is 0 Å². The van der Waals surface area contributed by atoms with Crippen molar-refractivity contribution in [1.29, 1.82) is 0 Å². The topological polar surface area (TPSA) is 95.4 Å². The van der Waals surface area contributed by atoms with Gasteiger partial charge < -0.3 is 15.3 Å². The minimum absolute atomic E-state index is 0.0785. The second-order valence-electron chi connectivity index (χ2n) is 6.21. The van der Waals surface area contributed by atoms with E-state index in [1.807, 2.05) is 23.1 Å². The molecule has 0 radical (unpaired) electrons. The van der Waals surface area contributed by atoms with Crippen molar-refractivity contribution in [2.45, 2.75) is 29.6 Å². The summed E-state index contributed by atoms with van der Waals surface area (Å²) in [7, 11) is 0. The van der Waals surface area contributed by atoms with Crippen molar-refractivity contribution in [2.24, 2.45) is 0 Å². The summed E-state index contributed by atoms with van der Waals surface area (Å²) in [5.74, 6) is -0.106. The summed E-state index contributed by atoms with van der Waals surface area (Å²) in [5, 5.41) is 13.9. The van der Waals surface area contributed by atoms with E-state index in [2.05, 4.69) is 15.3 Å². The Balaban J connectivity index is 1.40. The van der Waals surface area contributed by atoms with Gasteiger partial charge >= 0.3 is 5.97 Å². The van der Waals surface area contributed by atoms with Gasteiger partial charge in [0.25, 0.3) is 0 Å². The first-order chi connectivity index (χ1) is 13.1. The number of hydrogen-bond donors (Lipinski definition) is 2. The van der Waals surface area contributed by atoms with Crippen LogP contribution in [0.2, 0.25) is 0 Å². The standard InChI is InChI=1S/C18H22N4O3S2/c23-16-5-4-14(11-19-8-6-13-3-1-2-7-20-13)22(16)9-10-26-18-21-15(12-27-18)17(24)25/h1-3,7,12,14,19H,4-6,8-11H2,(H,24,25)/t14-/m1/s1. The van der Waals surface area contributed by atoms with Gasteiger partial charge in [0.05, 0.1) is 0 Å². The Hall–Kier alpha value is -1.97. The Morgan fingerprint density at radius 2 is 2.33 bits per heavy atom. The molecule has 1 atom stereocenters. The van der Waals surface area contributed by atoms with E-state index in [0.717, 1.165) is 36.0 Å². The van der Waals surface area contributed by atoms with Gasteiger partial charge in [-0.2, -0.15) is 0 Å². The van der Waals surface area contributed by atoms with E-state index in [-0.39, 0.29) is 17.6 Å². The fraction of sp³-hybridized carbons (Fsp3) is 0.444. The van der Waals surface area contributed by atoms with Gasteiger partial charge in [0.15, 0.2) is 10.0 Å². The fourth-order valence-electron chi connectivity index (χ4n) is 3.00. The Morgan fingerprint density at radius 3 is 3.07 bits per heavy atom. The molecule has 0 unspecified atom stereocenters. The maximum atomic E-state index is 12.2. The van der Waals surface area contributed by atoms with Crippen LogP contribution in [0.3, 0.4) is 0 Å². The van der Waals surface area contributed by atoms with E-state index in [4.69, 9.17) is 5.11 Å². The second kappa shape index (κ2) is 9.82. The van der Waals surface area contributed by atoms with E-state index in [0.29, 0.717) is 18.7 Å². The van der Waals surface area contributed by atoms with Crippen LogP contribution in [0.15, 0.2) is 34.1 Å². The molecule has 0 aromatic carbocycles. The molecule has 7 nitrogen and oxygen atoms in total. The summed E-state index contributed by atoms with van der Waals surface area (Å²) in [6, 6.07) is 6.12. The molecule has 3 heterocycles. The number of thiazole rings is 1. The normalized spacial score (nSPS) is 16.8. The molecule has 27 heavy (non-hydrogen) atoms. The summed E-state index contributed by atoms with van der Waals surface area (Å²) in [6.07, 6.45) is 4.14. The monoisotopic (exact) mass is 406 g/mol. The second-order valence-corrected chi connectivity index (χ2v) is 8.41. The van der Waals surface area contributed by atoms with Crippen LogP contribution in [0.25, 0.3) is 0 Å². The summed E-state index contributed by atoms with van der Waals surface area (Å²) in [6.45, 7) is 2.27. The van der Waals surface area contributed by atoms with Gasteiger partial charge in [-0.3, -0.25) is 9.78 Å². The van der Waals surface area contributed by atoms with Crippen LogP contribution in [0.5, 0.6) is 0 Å². The lowest BCUT2D eigenvalue weighted by Crippen LogP contribution is -2.41. The third-order valence-corrected chi connectivity index (χ3v) is 6.38. The molecule has 1 saturated heterocycles. The van der Waals surface area contributed by atoms with Crippen LogP contribution < -0.4 is 5.32 Å². The summed E-state index contributed by atoms with van der Waals surface area (Å²) < 4.78 is 0.726. The van der Waals surface area contributed by atoms with Crippen molar-refractivity contribution >= 4 is 35.0 Å². The molecule has 144 valence electrons. The first-order valence-corrected chi connectivity index (χ1v) is 10.7. The maximum Gasteiger partial charge on any atom is 0.355 e. The number of likely N-dealkylation sites (tertiary alicyclic amines) is 1. The molecule has 0 saturated carbocycles. The minimum Gasteiger partial charge on any atom is -0.476 e. The van der Waals surface area contributed by atoms with E-state index < -0.39 is 5.97 Å². The van der Waals surface area contributed by atoms with Crippen molar-refractivity contribution in [1.82, 2.24) is 20.2 Å².